The van der Waals surface area contributed by atoms with Gasteiger partial charge in [-0.3, -0.25) is 29.0 Å². The van der Waals surface area contributed by atoms with E-state index in [4.69, 9.17) is 17.2 Å². The predicted octanol–water partition coefficient (Wildman–Crippen LogP) is 2.20. The molecule has 4 aromatic carbocycles. The van der Waals surface area contributed by atoms with Gasteiger partial charge in [0.05, 0.1) is 0 Å². The van der Waals surface area contributed by atoms with Crippen LogP contribution >= 0.6 is 22.6 Å². The lowest BCUT2D eigenvalue weighted by atomic mass is 9.93. The number of carbonyl (C=O) groups is 5. The highest BCUT2D eigenvalue weighted by atomic mass is 127. The van der Waals surface area contributed by atoms with Crippen LogP contribution in [0.2, 0.25) is 0 Å². The highest BCUT2D eigenvalue weighted by molar-refractivity contribution is 14.1. The van der Waals surface area contributed by atoms with Crippen LogP contribution in [-0.2, 0) is 49.8 Å². The molecule has 0 saturated heterocycles. The van der Waals surface area contributed by atoms with E-state index in [2.05, 4.69) is 43.5 Å². The Morgan fingerprint density at radius 1 is 0.759 bits per heavy atom. The monoisotopic (exact) mass is 844 g/mol. The van der Waals surface area contributed by atoms with Gasteiger partial charge in [-0.15, -0.1) is 0 Å². The summed E-state index contributed by atoms with van der Waals surface area (Å²) < 4.78 is 0.985. The number of nitrogens with zero attached hydrogens (tertiary/aromatic N) is 2. The summed E-state index contributed by atoms with van der Waals surface area (Å²) in [6, 6.07) is 24.4. The average Bonchev–Trinajstić information content (AvgIpc) is 3.15. The third-order valence-electron chi connectivity index (χ3n) is 9.43. The highest BCUT2D eigenvalue weighted by Gasteiger charge is 2.36. The quantitative estimate of drug-likeness (QED) is 0.0454. The van der Waals surface area contributed by atoms with E-state index in [1.165, 1.54) is 11.8 Å². The number of aliphatic imine (C=N–C) groups is 1. The van der Waals surface area contributed by atoms with Crippen LogP contribution in [0.25, 0.3) is 10.8 Å². The van der Waals surface area contributed by atoms with E-state index in [0.717, 1.165) is 36.6 Å². The van der Waals surface area contributed by atoms with Gasteiger partial charge in [0.25, 0.3) is 0 Å². The number of fused-ring (bicyclic) bond motifs is 2. The van der Waals surface area contributed by atoms with Crippen molar-refractivity contribution in [2.24, 2.45) is 22.2 Å². The number of benzene rings is 4. The number of rotatable bonds is 15. The van der Waals surface area contributed by atoms with E-state index in [1.807, 2.05) is 91.0 Å². The number of guanidine groups is 1. The van der Waals surface area contributed by atoms with Crippen molar-refractivity contribution < 1.29 is 24.0 Å². The lowest BCUT2D eigenvalue weighted by Gasteiger charge is -2.36. The summed E-state index contributed by atoms with van der Waals surface area (Å²) in [6.45, 7) is 1.85. The van der Waals surface area contributed by atoms with E-state index in [1.54, 1.807) is 0 Å². The van der Waals surface area contributed by atoms with Gasteiger partial charge in [0.1, 0.15) is 24.2 Å². The molecule has 0 bridgehead atoms. The van der Waals surface area contributed by atoms with Gasteiger partial charge >= 0.3 is 0 Å². The summed E-state index contributed by atoms with van der Waals surface area (Å²) in [5.41, 5.74) is 20.2. The molecule has 0 radical (unpaired) electrons. The molecule has 0 aliphatic carbocycles. The van der Waals surface area contributed by atoms with E-state index in [-0.39, 0.29) is 50.6 Å². The molecular weight excluding hydrogens is 799 g/mol. The first-order chi connectivity index (χ1) is 25.9. The van der Waals surface area contributed by atoms with Crippen molar-refractivity contribution >= 4 is 68.9 Å². The van der Waals surface area contributed by atoms with E-state index in [9.17, 15) is 24.0 Å². The largest absolute Gasteiger partial charge is 0.370 e. The Balaban J connectivity index is 1.37. The fraction of sp³-hybridized carbons (Fsp3) is 0.300. The van der Waals surface area contributed by atoms with Crippen molar-refractivity contribution in [1.82, 2.24) is 20.9 Å². The van der Waals surface area contributed by atoms with Crippen molar-refractivity contribution in [3.8, 4) is 0 Å². The number of nitrogens with one attached hydrogen (secondary N) is 3. The first kappa shape index (κ1) is 39.7. The molecule has 54 heavy (non-hydrogen) atoms. The topological polar surface area (TPSA) is 215 Å². The Hall–Kier alpha value is -5.51. The van der Waals surface area contributed by atoms with Gasteiger partial charge in [0.15, 0.2) is 5.96 Å². The molecule has 4 atom stereocenters. The molecule has 1 aliphatic heterocycles. The summed E-state index contributed by atoms with van der Waals surface area (Å²) in [5, 5.41) is 10.5. The number of hydrogen-bond donors (Lipinski definition) is 6. The fourth-order valence-corrected chi connectivity index (χ4v) is 6.92. The van der Waals surface area contributed by atoms with E-state index < -0.39 is 47.8 Å². The zero-order valence-corrected chi connectivity index (χ0v) is 32.1. The van der Waals surface area contributed by atoms with Crippen molar-refractivity contribution in [3.63, 3.8) is 0 Å². The third kappa shape index (κ3) is 10.8. The number of nitrogens with two attached hydrogens (primary N) is 3. The van der Waals surface area contributed by atoms with Crippen LogP contribution in [0.5, 0.6) is 0 Å². The summed E-state index contributed by atoms with van der Waals surface area (Å²) in [7, 11) is 0. The molecule has 0 fully saturated rings. The molecule has 0 spiro atoms. The maximum Gasteiger partial charge on any atom is 0.243 e. The van der Waals surface area contributed by atoms with E-state index in [0.29, 0.717) is 6.42 Å². The van der Waals surface area contributed by atoms with Gasteiger partial charge in [-0.05, 0) is 80.6 Å². The van der Waals surface area contributed by atoms with Crippen LogP contribution in [0.4, 0.5) is 0 Å². The van der Waals surface area contributed by atoms with E-state index >= 15 is 0 Å². The Morgan fingerprint density at radius 3 is 2.06 bits per heavy atom. The third-order valence-corrected chi connectivity index (χ3v) is 10.2. The molecule has 0 saturated carbocycles. The van der Waals surface area contributed by atoms with Crippen molar-refractivity contribution in [2.45, 2.75) is 69.7 Å². The Morgan fingerprint density at radius 2 is 1.37 bits per heavy atom. The second kappa shape index (κ2) is 18.5. The van der Waals surface area contributed by atoms with Crippen LogP contribution in [0.1, 0.15) is 42.0 Å². The zero-order valence-electron chi connectivity index (χ0n) is 30.0. The molecule has 0 unspecified atom stereocenters. The summed E-state index contributed by atoms with van der Waals surface area (Å²) in [6.07, 6.45) is 0.942. The number of primary amides is 1. The number of amides is 5. The minimum Gasteiger partial charge on any atom is -0.370 e. The normalized spacial score (nSPS) is 15.2. The molecule has 1 aliphatic rings. The second-order valence-electron chi connectivity index (χ2n) is 13.4. The predicted molar refractivity (Wildman–Crippen MR) is 216 cm³/mol. The lowest BCUT2D eigenvalue weighted by Crippen LogP contribution is -2.59. The van der Waals surface area contributed by atoms with Crippen molar-refractivity contribution in [1.29, 1.82) is 0 Å². The molecule has 5 amide bonds. The minimum absolute atomic E-state index is 0.0855. The van der Waals surface area contributed by atoms with Gasteiger partial charge in [0, 0.05) is 42.8 Å². The van der Waals surface area contributed by atoms with Gasteiger partial charge < -0.3 is 38.1 Å². The molecule has 13 nitrogen and oxygen atoms in total. The first-order valence-electron chi connectivity index (χ1n) is 17.7. The Bertz CT molecular complexity index is 2030. The number of carbonyl (C=O) groups excluding carboxylic acids is 5. The molecule has 1 heterocycles. The summed E-state index contributed by atoms with van der Waals surface area (Å²) in [4.78, 5) is 72.9. The van der Waals surface area contributed by atoms with Gasteiger partial charge in [-0.25, -0.2) is 0 Å². The number of hydrogen-bond acceptors (Lipinski definition) is 6. The molecule has 4 aromatic rings. The molecule has 282 valence electrons. The summed E-state index contributed by atoms with van der Waals surface area (Å²) in [5.74, 6) is -2.88. The van der Waals surface area contributed by atoms with Crippen molar-refractivity contribution in [3.05, 3.63) is 117 Å². The Kier molecular flexibility index (Phi) is 13.6. The SMILES string of the molecule is CC(=O)N1Cc2ccccc2C[C@H]1C(=O)N[C@@H](CCCN=C(N)N)C(=O)N[C@H](Cc1ccc(I)cc1)C(=O)N[C@H](Cc1ccc2ccccc2c1)C(N)=O. The molecule has 5 rings (SSSR count). The Labute approximate surface area is 327 Å². The van der Waals surface area contributed by atoms with Crippen LogP contribution in [0, 0.1) is 3.57 Å². The molecule has 0 aromatic heterocycles. The van der Waals surface area contributed by atoms with Gasteiger partial charge in [0.2, 0.25) is 29.5 Å². The molecular formula is C40H45IN8O5. The second-order valence-corrected chi connectivity index (χ2v) is 14.6. The highest BCUT2D eigenvalue weighted by Crippen LogP contribution is 2.24. The lowest BCUT2D eigenvalue weighted by molar-refractivity contribution is -0.141. The first-order valence-corrected chi connectivity index (χ1v) is 18.8. The molecule has 14 heteroatoms. The summed E-state index contributed by atoms with van der Waals surface area (Å²) >= 11 is 2.18. The smallest absolute Gasteiger partial charge is 0.243 e. The number of halogens is 1. The van der Waals surface area contributed by atoms with Crippen LogP contribution in [-0.4, -0.2) is 71.1 Å². The average molecular weight is 845 g/mol. The zero-order chi connectivity index (χ0) is 38.8. The van der Waals surface area contributed by atoms with Gasteiger partial charge in [-0.1, -0.05) is 78.9 Å². The fourth-order valence-electron chi connectivity index (χ4n) is 6.56. The minimum atomic E-state index is -1.15. The van der Waals surface area contributed by atoms with Crippen LogP contribution in [0.15, 0.2) is 96.0 Å². The van der Waals surface area contributed by atoms with Crippen LogP contribution < -0.4 is 33.2 Å². The van der Waals surface area contributed by atoms with Crippen molar-refractivity contribution in [2.75, 3.05) is 6.54 Å². The maximum absolute atomic E-state index is 14.1. The van der Waals surface area contributed by atoms with Gasteiger partial charge in [-0.2, -0.15) is 0 Å². The molecule has 9 N–H and O–H groups in total. The van der Waals surface area contributed by atoms with Crippen LogP contribution in [0.3, 0.4) is 0 Å². The standard InChI is InChI=1S/C40H45IN8O5/c1-24(50)49-23-30-10-5-4-9-29(30)22-35(49)39(54)46-32(11-6-18-45-40(43)44)37(52)48-34(20-25-13-16-31(41)17-14-25)38(53)47-33(36(42)51)21-26-12-15-27-7-2-3-8-28(27)19-26/h2-5,7-10,12-17,19,32-35H,6,11,18,20-23H2,1H3,(H2,42,51)(H,46,54)(H,47,53)(H,48,52)(H4,43,44,45)/t32-,33+,34+,35-/m0/s1. The maximum atomic E-state index is 14.1.